The number of allylic oxidation sites excluding steroid dienone is 6. The fraction of sp³-hybridized carbons (Fsp3) is 0.531. The second-order valence-electron chi connectivity index (χ2n) is 15.3. The molecule has 4 aromatic rings. The second-order valence-corrected chi connectivity index (χ2v) is 21.7. The van der Waals surface area contributed by atoms with Gasteiger partial charge >= 0.3 is 5.97 Å². The monoisotopic (exact) mass is 896 g/mol. The van der Waals surface area contributed by atoms with Crippen LogP contribution in [0.25, 0.3) is 24.4 Å². The van der Waals surface area contributed by atoms with Crippen molar-refractivity contribution in [2.45, 2.75) is 145 Å². The lowest BCUT2D eigenvalue weighted by Crippen LogP contribution is -2.20. The van der Waals surface area contributed by atoms with Crippen molar-refractivity contribution in [2.24, 2.45) is 11.8 Å². The molecule has 4 aromatic heterocycles. The van der Waals surface area contributed by atoms with Gasteiger partial charge in [-0.2, -0.15) is 0 Å². The first kappa shape index (κ1) is 48.8. The third-order valence-corrected chi connectivity index (χ3v) is 18.4. The van der Waals surface area contributed by atoms with Crippen LogP contribution in [0, 0.1) is 11.8 Å². The number of carbonyl (C=O) groups is 1. The van der Waals surface area contributed by atoms with Crippen LogP contribution in [0.15, 0.2) is 75.9 Å². The second kappa shape index (κ2) is 25.2. The molecule has 0 N–H and O–H groups in total. The van der Waals surface area contributed by atoms with Crippen LogP contribution >= 0.6 is 68.9 Å². The number of hydrogen-bond donors (Lipinski definition) is 0. The van der Waals surface area contributed by atoms with E-state index in [1.54, 1.807) is 18.4 Å². The van der Waals surface area contributed by atoms with Crippen molar-refractivity contribution in [3.05, 3.63) is 95.4 Å². The number of hydrogen-bond acceptors (Lipinski definition) is 9. The first-order valence-corrected chi connectivity index (χ1v) is 26.6. The van der Waals surface area contributed by atoms with Crippen LogP contribution in [-0.4, -0.2) is 18.8 Å². The number of fused-ring (bicyclic) bond motifs is 2. The SMILES string of the molecule is C=CC(C)/C(S/C=C/C(C)c1cc2sc(C(CC)OC(=O)C(CCCC)CCCCCC)cc2s1)=C(SC/C=C(\C)c1cc2sc(C(CC)OC)cc2s1)/C(C)=C/C. The van der Waals surface area contributed by atoms with E-state index in [-0.39, 0.29) is 35.9 Å². The third kappa shape index (κ3) is 13.6. The van der Waals surface area contributed by atoms with E-state index in [9.17, 15) is 4.79 Å². The Balaban J connectivity index is 1.43. The van der Waals surface area contributed by atoms with E-state index in [1.165, 1.54) is 78.5 Å². The first-order valence-electron chi connectivity index (χ1n) is 21.4. The molecule has 0 aliphatic rings. The Bertz CT molecular complexity index is 1950. The summed E-state index contributed by atoms with van der Waals surface area (Å²) in [4.78, 5) is 21.3. The average molecular weight is 897 g/mol. The van der Waals surface area contributed by atoms with Crippen molar-refractivity contribution >= 4 is 99.2 Å². The molecular formula is C49H68O3S6. The smallest absolute Gasteiger partial charge is 0.309 e. The minimum absolute atomic E-state index is 0.00280. The molecule has 318 valence electrons. The van der Waals surface area contributed by atoms with E-state index in [1.807, 2.05) is 57.5 Å². The van der Waals surface area contributed by atoms with Crippen LogP contribution in [0.2, 0.25) is 0 Å². The van der Waals surface area contributed by atoms with Crippen molar-refractivity contribution < 1.29 is 14.3 Å². The lowest BCUT2D eigenvalue weighted by Gasteiger charge is -2.20. The fourth-order valence-corrected chi connectivity index (χ4v) is 14.5. The molecule has 0 bridgehead atoms. The summed E-state index contributed by atoms with van der Waals surface area (Å²) in [6, 6.07) is 9.29. The molecule has 0 aliphatic heterocycles. The van der Waals surface area contributed by atoms with E-state index < -0.39 is 0 Å². The number of rotatable bonds is 26. The van der Waals surface area contributed by atoms with Crippen LogP contribution in [-0.2, 0) is 14.3 Å². The lowest BCUT2D eigenvalue weighted by molar-refractivity contribution is -0.155. The summed E-state index contributed by atoms with van der Waals surface area (Å²) >= 11 is 11.2. The Morgan fingerprint density at radius 2 is 1.41 bits per heavy atom. The number of unbranched alkanes of at least 4 members (excludes halogenated alkanes) is 4. The van der Waals surface area contributed by atoms with Crippen molar-refractivity contribution in [1.82, 2.24) is 0 Å². The molecule has 0 amide bonds. The van der Waals surface area contributed by atoms with Gasteiger partial charge in [-0.25, -0.2) is 0 Å². The quantitative estimate of drug-likeness (QED) is 0.0272. The van der Waals surface area contributed by atoms with Gasteiger partial charge in [0.05, 0.1) is 12.0 Å². The standard InChI is InChI=1S/C49H68O3S6/c1-12-18-20-21-23-36(22-19-13-2)49(50)52-38(17-6)42-31-46-44(58-42)29-40(56-46)35(10)25-27-54-48(33(8)15-4)47(32(7)14-3)53-26-24-34(9)39-28-43-45(55-39)30-41(57-43)37(16-5)51-11/h14-15,24-25,27-31,33,35-38H,4,12-13,16-23,26H2,1-3,5-11H3/b27-25+,32-14+,34-24+,48-47+. The molecule has 4 heterocycles. The van der Waals surface area contributed by atoms with Gasteiger partial charge in [0.2, 0.25) is 0 Å². The van der Waals surface area contributed by atoms with Crippen molar-refractivity contribution in [2.75, 3.05) is 12.9 Å². The maximum absolute atomic E-state index is 13.4. The number of esters is 1. The minimum atomic E-state index is -0.172. The molecule has 0 aliphatic carbocycles. The number of thiophene rings is 4. The third-order valence-electron chi connectivity index (χ3n) is 10.8. The normalized spacial score (nSPS) is 15.9. The van der Waals surface area contributed by atoms with Gasteiger partial charge in [0.15, 0.2) is 0 Å². The average Bonchev–Trinajstić information content (AvgIpc) is 4.01. The van der Waals surface area contributed by atoms with Crippen LogP contribution in [0.4, 0.5) is 0 Å². The summed E-state index contributed by atoms with van der Waals surface area (Å²) in [5, 5.41) is 2.28. The van der Waals surface area contributed by atoms with Crippen molar-refractivity contribution in [1.29, 1.82) is 0 Å². The van der Waals surface area contributed by atoms with Crippen LogP contribution in [0.3, 0.4) is 0 Å². The Morgan fingerprint density at radius 3 is 2.02 bits per heavy atom. The highest BCUT2D eigenvalue weighted by Gasteiger charge is 2.25. The molecule has 0 spiro atoms. The Kier molecular flexibility index (Phi) is 21.2. The van der Waals surface area contributed by atoms with Gasteiger partial charge < -0.3 is 9.47 Å². The van der Waals surface area contributed by atoms with Gasteiger partial charge in [0.25, 0.3) is 0 Å². The van der Waals surface area contributed by atoms with Gasteiger partial charge in [-0.05, 0) is 87.3 Å². The first-order chi connectivity index (χ1) is 28.0. The van der Waals surface area contributed by atoms with Crippen LogP contribution in [0.5, 0.6) is 0 Å². The zero-order chi connectivity index (χ0) is 42.2. The van der Waals surface area contributed by atoms with Gasteiger partial charge in [-0.1, -0.05) is 104 Å². The highest BCUT2D eigenvalue weighted by atomic mass is 32.2. The van der Waals surface area contributed by atoms with Crippen LogP contribution < -0.4 is 0 Å². The zero-order valence-corrected chi connectivity index (χ0v) is 41.6. The lowest BCUT2D eigenvalue weighted by atomic mass is 9.95. The Labute approximate surface area is 375 Å². The predicted molar refractivity (Wildman–Crippen MR) is 267 cm³/mol. The summed E-state index contributed by atoms with van der Waals surface area (Å²) < 4.78 is 17.2. The maximum atomic E-state index is 13.4. The Hall–Kier alpha value is -1.85. The van der Waals surface area contributed by atoms with Gasteiger partial charge in [0.1, 0.15) is 6.10 Å². The zero-order valence-electron chi connectivity index (χ0n) is 36.7. The number of ether oxygens (including phenoxy) is 2. The highest BCUT2D eigenvalue weighted by Crippen LogP contribution is 2.43. The van der Waals surface area contributed by atoms with Gasteiger partial charge in [-0.15, -0.1) is 75.4 Å². The van der Waals surface area contributed by atoms with E-state index >= 15 is 0 Å². The maximum Gasteiger partial charge on any atom is 0.309 e. The van der Waals surface area contributed by atoms with Gasteiger partial charge in [-0.3, -0.25) is 4.79 Å². The molecule has 0 radical (unpaired) electrons. The van der Waals surface area contributed by atoms with Crippen molar-refractivity contribution in [3.63, 3.8) is 0 Å². The molecule has 9 heteroatoms. The molecule has 5 atom stereocenters. The summed E-state index contributed by atoms with van der Waals surface area (Å²) in [7, 11) is 1.80. The molecule has 3 nitrogen and oxygen atoms in total. The molecule has 0 fully saturated rings. The summed E-state index contributed by atoms with van der Waals surface area (Å²) in [5.74, 6) is 1.45. The summed E-state index contributed by atoms with van der Waals surface area (Å²) in [5.41, 5.74) is 2.63. The largest absolute Gasteiger partial charge is 0.456 e. The van der Waals surface area contributed by atoms with Crippen molar-refractivity contribution in [3.8, 4) is 0 Å². The topological polar surface area (TPSA) is 35.5 Å². The molecule has 4 rings (SSSR count). The minimum Gasteiger partial charge on any atom is -0.456 e. The highest BCUT2D eigenvalue weighted by molar-refractivity contribution is 8.08. The fourth-order valence-electron chi connectivity index (χ4n) is 6.84. The van der Waals surface area contributed by atoms with E-state index in [0.29, 0.717) is 0 Å². The number of thioether (sulfide) groups is 2. The van der Waals surface area contributed by atoms with Crippen LogP contribution in [0.1, 0.15) is 164 Å². The molecule has 58 heavy (non-hydrogen) atoms. The molecular weight excluding hydrogens is 829 g/mol. The van der Waals surface area contributed by atoms with E-state index in [4.69, 9.17) is 9.47 Å². The molecule has 0 aromatic carbocycles. The predicted octanol–water partition coefficient (Wildman–Crippen LogP) is 18.3. The van der Waals surface area contributed by atoms with E-state index in [0.717, 1.165) is 50.7 Å². The number of methoxy groups -OCH3 is 1. The number of carbonyl (C=O) groups excluding carboxylic acids is 1. The molecule has 0 saturated heterocycles. The van der Waals surface area contributed by atoms with E-state index in [2.05, 4.69) is 123 Å². The molecule has 0 saturated carbocycles. The molecule has 5 unspecified atom stereocenters. The van der Waals surface area contributed by atoms with Gasteiger partial charge in [0, 0.05) is 72.8 Å². The Morgan fingerprint density at radius 1 is 0.810 bits per heavy atom. The summed E-state index contributed by atoms with van der Waals surface area (Å²) in [6.07, 6.45) is 19.6. The summed E-state index contributed by atoms with van der Waals surface area (Å²) in [6.45, 7) is 24.1.